The zero-order valence-corrected chi connectivity index (χ0v) is 10.4. The van der Waals surface area contributed by atoms with E-state index in [9.17, 15) is 9.59 Å². The number of benzene rings is 1. The molecule has 0 aliphatic rings. The number of amides is 1. The van der Waals surface area contributed by atoms with Crippen molar-refractivity contribution in [3.05, 3.63) is 36.2 Å². The minimum absolute atomic E-state index is 0.154. The van der Waals surface area contributed by atoms with E-state index >= 15 is 0 Å². The Bertz CT molecular complexity index is 627. The predicted octanol–water partition coefficient (Wildman–Crippen LogP) is 1.18. The molecule has 1 amide bonds. The summed E-state index contributed by atoms with van der Waals surface area (Å²) in [6.07, 6.45) is 1.37. The minimum Gasteiger partial charge on any atom is -0.480 e. The first-order chi connectivity index (χ1) is 9.11. The first-order valence-electron chi connectivity index (χ1n) is 5.84. The molecule has 0 radical (unpaired) electrons. The van der Waals surface area contributed by atoms with Crippen molar-refractivity contribution in [1.82, 2.24) is 14.9 Å². The zero-order valence-electron chi connectivity index (χ0n) is 10.4. The molecule has 0 aliphatic heterocycles. The Kier molecular flexibility index (Phi) is 3.70. The molecule has 1 aromatic carbocycles. The van der Waals surface area contributed by atoms with E-state index in [0.717, 1.165) is 0 Å². The summed E-state index contributed by atoms with van der Waals surface area (Å²) < 4.78 is 0. The van der Waals surface area contributed by atoms with Gasteiger partial charge in [-0.25, -0.2) is 4.98 Å². The van der Waals surface area contributed by atoms with Crippen molar-refractivity contribution in [1.29, 1.82) is 0 Å². The molecule has 19 heavy (non-hydrogen) atoms. The van der Waals surface area contributed by atoms with Gasteiger partial charge >= 0.3 is 5.97 Å². The van der Waals surface area contributed by atoms with Crippen LogP contribution in [0.15, 0.2) is 30.5 Å². The largest absolute Gasteiger partial charge is 0.480 e. The summed E-state index contributed by atoms with van der Waals surface area (Å²) in [6.45, 7) is 1.68. The standard InChI is InChI=1S/C13H13N3O3/c1-2-16(8-12(17)18)13(19)11-7-14-9-5-3-4-6-10(9)15-11/h3-7H,2,8H2,1H3,(H,17,18). The third-order valence-corrected chi connectivity index (χ3v) is 2.66. The van der Waals surface area contributed by atoms with Crippen LogP contribution in [-0.2, 0) is 4.79 Å². The lowest BCUT2D eigenvalue weighted by Crippen LogP contribution is -2.36. The highest BCUT2D eigenvalue weighted by Gasteiger charge is 2.18. The predicted molar refractivity (Wildman–Crippen MR) is 68.8 cm³/mol. The summed E-state index contributed by atoms with van der Waals surface area (Å²) in [4.78, 5) is 32.4. The van der Waals surface area contributed by atoms with Gasteiger partial charge in [0.15, 0.2) is 0 Å². The fourth-order valence-electron chi connectivity index (χ4n) is 1.71. The van der Waals surface area contributed by atoms with Crippen LogP contribution in [0.1, 0.15) is 17.4 Å². The number of nitrogens with zero attached hydrogens (tertiary/aromatic N) is 3. The van der Waals surface area contributed by atoms with Gasteiger partial charge in [0.25, 0.3) is 5.91 Å². The van der Waals surface area contributed by atoms with Gasteiger partial charge in [-0.3, -0.25) is 14.6 Å². The molecular formula is C13H13N3O3. The van der Waals surface area contributed by atoms with Gasteiger partial charge in [-0.1, -0.05) is 12.1 Å². The minimum atomic E-state index is -1.05. The molecular weight excluding hydrogens is 246 g/mol. The van der Waals surface area contributed by atoms with E-state index in [4.69, 9.17) is 5.11 Å². The topological polar surface area (TPSA) is 83.4 Å². The lowest BCUT2D eigenvalue weighted by atomic mass is 10.3. The highest BCUT2D eigenvalue weighted by Crippen LogP contribution is 2.10. The number of hydrogen-bond acceptors (Lipinski definition) is 4. The van der Waals surface area contributed by atoms with E-state index < -0.39 is 11.9 Å². The van der Waals surface area contributed by atoms with Crippen molar-refractivity contribution < 1.29 is 14.7 Å². The van der Waals surface area contributed by atoms with Gasteiger partial charge in [0, 0.05) is 6.54 Å². The van der Waals surface area contributed by atoms with E-state index in [1.54, 1.807) is 25.1 Å². The summed E-state index contributed by atoms with van der Waals surface area (Å²) in [5, 5.41) is 8.75. The van der Waals surface area contributed by atoms with Crippen molar-refractivity contribution in [2.24, 2.45) is 0 Å². The Morgan fingerprint density at radius 3 is 2.58 bits per heavy atom. The molecule has 1 N–H and O–H groups in total. The van der Waals surface area contributed by atoms with E-state index in [0.29, 0.717) is 17.6 Å². The quantitative estimate of drug-likeness (QED) is 0.891. The Labute approximate surface area is 109 Å². The van der Waals surface area contributed by atoms with Crippen LogP contribution >= 0.6 is 0 Å². The zero-order chi connectivity index (χ0) is 13.8. The molecule has 0 saturated carbocycles. The molecule has 0 spiro atoms. The third kappa shape index (κ3) is 2.85. The number of fused-ring (bicyclic) bond motifs is 1. The molecule has 6 heteroatoms. The Morgan fingerprint density at radius 1 is 1.26 bits per heavy atom. The summed E-state index contributed by atoms with van der Waals surface area (Å²) in [5.41, 5.74) is 1.46. The lowest BCUT2D eigenvalue weighted by Gasteiger charge is -2.17. The van der Waals surface area contributed by atoms with Crippen LogP contribution in [0.2, 0.25) is 0 Å². The number of carboxylic acids is 1. The second-order valence-electron chi connectivity index (χ2n) is 3.96. The highest BCUT2D eigenvalue weighted by molar-refractivity contribution is 5.95. The molecule has 1 aromatic heterocycles. The molecule has 2 rings (SSSR count). The van der Waals surface area contributed by atoms with Crippen molar-refractivity contribution in [3.63, 3.8) is 0 Å². The monoisotopic (exact) mass is 259 g/mol. The average molecular weight is 259 g/mol. The van der Waals surface area contributed by atoms with Crippen LogP contribution in [0.5, 0.6) is 0 Å². The number of carbonyl (C=O) groups excluding carboxylic acids is 1. The summed E-state index contributed by atoms with van der Waals surface area (Å²) >= 11 is 0. The van der Waals surface area contributed by atoms with Gasteiger partial charge in [0.2, 0.25) is 0 Å². The van der Waals surface area contributed by atoms with E-state index in [-0.39, 0.29) is 12.2 Å². The Balaban J connectivity index is 2.32. The van der Waals surface area contributed by atoms with Gasteiger partial charge in [-0.15, -0.1) is 0 Å². The van der Waals surface area contributed by atoms with E-state index in [2.05, 4.69) is 9.97 Å². The van der Waals surface area contributed by atoms with Gasteiger partial charge in [0.05, 0.1) is 17.2 Å². The van der Waals surface area contributed by atoms with Gasteiger partial charge in [0.1, 0.15) is 12.2 Å². The van der Waals surface area contributed by atoms with Gasteiger partial charge in [-0.2, -0.15) is 0 Å². The molecule has 0 unspecified atom stereocenters. The second-order valence-corrected chi connectivity index (χ2v) is 3.96. The Hall–Kier alpha value is -2.50. The van der Waals surface area contributed by atoms with Gasteiger partial charge in [-0.05, 0) is 19.1 Å². The van der Waals surface area contributed by atoms with Crippen LogP contribution in [0.4, 0.5) is 0 Å². The molecule has 6 nitrogen and oxygen atoms in total. The maximum atomic E-state index is 12.1. The summed E-state index contributed by atoms with van der Waals surface area (Å²) in [6, 6.07) is 7.19. The average Bonchev–Trinajstić information content (AvgIpc) is 2.43. The van der Waals surface area contributed by atoms with Gasteiger partial charge < -0.3 is 10.0 Å². The molecule has 1 heterocycles. The highest BCUT2D eigenvalue weighted by atomic mass is 16.4. The number of likely N-dealkylation sites (N-methyl/N-ethyl adjacent to an activating group) is 1. The van der Waals surface area contributed by atoms with Crippen molar-refractivity contribution in [3.8, 4) is 0 Å². The van der Waals surface area contributed by atoms with Crippen molar-refractivity contribution in [2.45, 2.75) is 6.92 Å². The summed E-state index contributed by atoms with van der Waals surface area (Å²) in [7, 11) is 0. The first kappa shape index (κ1) is 12.9. The van der Waals surface area contributed by atoms with Crippen LogP contribution in [0.3, 0.4) is 0 Å². The number of aromatic nitrogens is 2. The Morgan fingerprint density at radius 2 is 1.95 bits per heavy atom. The number of rotatable bonds is 4. The molecule has 0 saturated heterocycles. The van der Waals surface area contributed by atoms with Crippen LogP contribution in [0, 0.1) is 0 Å². The number of hydrogen-bond donors (Lipinski definition) is 1. The first-order valence-corrected chi connectivity index (χ1v) is 5.84. The number of para-hydroxylation sites is 2. The normalized spacial score (nSPS) is 10.4. The molecule has 0 fully saturated rings. The lowest BCUT2D eigenvalue weighted by molar-refractivity contribution is -0.137. The molecule has 0 atom stereocenters. The van der Waals surface area contributed by atoms with Crippen molar-refractivity contribution >= 4 is 22.9 Å². The second kappa shape index (κ2) is 5.43. The molecule has 98 valence electrons. The number of carbonyl (C=O) groups is 2. The fraction of sp³-hybridized carbons (Fsp3) is 0.231. The fourth-order valence-corrected chi connectivity index (χ4v) is 1.71. The maximum absolute atomic E-state index is 12.1. The SMILES string of the molecule is CCN(CC(=O)O)C(=O)c1cnc2ccccc2n1. The molecule has 0 aliphatic carbocycles. The molecule has 0 bridgehead atoms. The van der Waals surface area contributed by atoms with E-state index in [1.807, 2.05) is 6.07 Å². The number of carboxylic acid groups (broad SMARTS) is 1. The van der Waals surface area contributed by atoms with Crippen LogP contribution in [0.25, 0.3) is 11.0 Å². The smallest absolute Gasteiger partial charge is 0.323 e. The summed E-state index contributed by atoms with van der Waals surface area (Å²) in [5.74, 6) is -1.48. The van der Waals surface area contributed by atoms with Crippen LogP contribution < -0.4 is 0 Å². The van der Waals surface area contributed by atoms with E-state index in [1.165, 1.54) is 11.1 Å². The van der Waals surface area contributed by atoms with Crippen molar-refractivity contribution in [2.75, 3.05) is 13.1 Å². The molecule has 2 aromatic rings. The van der Waals surface area contributed by atoms with Crippen LogP contribution in [-0.4, -0.2) is 44.9 Å². The number of aliphatic carboxylic acids is 1. The maximum Gasteiger partial charge on any atom is 0.323 e. The third-order valence-electron chi connectivity index (χ3n) is 2.66.